The predicted molar refractivity (Wildman–Crippen MR) is 70.3 cm³/mol. The van der Waals surface area contributed by atoms with Gasteiger partial charge in [0.05, 0.1) is 0 Å². The molecule has 5 heteroatoms. The number of thioether (sulfide) groups is 1. The lowest BCUT2D eigenvalue weighted by Gasteiger charge is -2.26. The Morgan fingerprint density at radius 3 is 2.65 bits per heavy atom. The first kappa shape index (κ1) is 14.6. The van der Waals surface area contributed by atoms with Crippen LogP contribution < -0.4 is 5.32 Å². The minimum atomic E-state index is -0.474. The van der Waals surface area contributed by atoms with Crippen LogP contribution in [0.25, 0.3) is 0 Å². The molecule has 2 N–H and O–H groups in total. The summed E-state index contributed by atoms with van der Waals surface area (Å²) in [5.41, 5.74) is -0.474. The number of carbonyl (C=O) groups is 1. The average Bonchev–Trinajstić information content (AvgIpc) is 2.39. The molecule has 0 aromatic heterocycles. The molecule has 4 nitrogen and oxygen atoms in total. The summed E-state index contributed by atoms with van der Waals surface area (Å²) in [7, 11) is 0. The van der Waals surface area contributed by atoms with Crippen LogP contribution in [0, 0.1) is 5.92 Å². The summed E-state index contributed by atoms with van der Waals surface area (Å²) in [6.07, 6.45) is 1.46. The van der Waals surface area contributed by atoms with Crippen LogP contribution in [0.4, 0.5) is 4.79 Å². The van der Waals surface area contributed by atoms with Gasteiger partial charge < -0.3 is 15.2 Å². The van der Waals surface area contributed by atoms with Crippen LogP contribution in [0.15, 0.2) is 0 Å². The monoisotopic (exact) mass is 261 g/mol. The van der Waals surface area contributed by atoms with E-state index in [9.17, 15) is 9.90 Å². The van der Waals surface area contributed by atoms with Crippen molar-refractivity contribution in [2.24, 2.45) is 5.92 Å². The molecule has 0 radical (unpaired) electrons. The van der Waals surface area contributed by atoms with Crippen LogP contribution in [0.5, 0.6) is 0 Å². The highest BCUT2D eigenvalue weighted by atomic mass is 32.2. The van der Waals surface area contributed by atoms with Gasteiger partial charge in [-0.25, -0.2) is 4.79 Å². The number of alkyl carbamates (subject to hydrolysis) is 1. The van der Waals surface area contributed by atoms with Gasteiger partial charge in [0.15, 0.2) is 0 Å². The second-order valence-corrected chi connectivity index (χ2v) is 6.61. The van der Waals surface area contributed by atoms with E-state index in [0.29, 0.717) is 0 Å². The molecule has 0 aromatic rings. The van der Waals surface area contributed by atoms with Gasteiger partial charge in [0.2, 0.25) is 0 Å². The van der Waals surface area contributed by atoms with Crippen molar-refractivity contribution >= 4 is 17.9 Å². The van der Waals surface area contributed by atoms with Gasteiger partial charge in [-0.05, 0) is 45.1 Å². The summed E-state index contributed by atoms with van der Waals surface area (Å²) in [5.74, 6) is 2.23. The summed E-state index contributed by atoms with van der Waals surface area (Å²) in [6, 6.07) is 0.0323. The minimum absolute atomic E-state index is 0.0323. The molecule has 1 aliphatic heterocycles. The van der Waals surface area contributed by atoms with Gasteiger partial charge in [-0.15, -0.1) is 0 Å². The third kappa shape index (κ3) is 5.64. The van der Waals surface area contributed by atoms with E-state index in [1.165, 1.54) is 0 Å². The van der Waals surface area contributed by atoms with E-state index in [0.717, 1.165) is 24.3 Å². The molecular weight excluding hydrogens is 238 g/mol. The first-order valence-corrected chi connectivity index (χ1v) is 7.26. The highest BCUT2D eigenvalue weighted by Crippen LogP contribution is 2.22. The highest BCUT2D eigenvalue weighted by Gasteiger charge is 2.26. The first-order chi connectivity index (χ1) is 7.92. The summed E-state index contributed by atoms with van der Waals surface area (Å²) in [6.45, 7) is 5.66. The zero-order valence-corrected chi connectivity index (χ0v) is 11.7. The fourth-order valence-corrected chi connectivity index (χ4v) is 2.95. The van der Waals surface area contributed by atoms with Gasteiger partial charge in [-0.1, -0.05) is 0 Å². The van der Waals surface area contributed by atoms with E-state index in [2.05, 4.69) is 5.32 Å². The Hall–Kier alpha value is -0.420. The Balaban J connectivity index is 2.49. The normalized spacial score (nSPS) is 26.1. The molecule has 1 rings (SSSR count). The van der Waals surface area contributed by atoms with Gasteiger partial charge in [0.25, 0.3) is 0 Å². The Bertz CT molecular complexity index is 253. The smallest absolute Gasteiger partial charge is 0.407 e. The summed E-state index contributed by atoms with van der Waals surface area (Å²) in [4.78, 5) is 11.7. The fourth-order valence-electron chi connectivity index (χ4n) is 1.85. The van der Waals surface area contributed by atoms with Crippen molar-refractivity contribution in [2.75, 3.05) is 18.1 Å². The third-order valence-corrected chi connectivity index (χ3v) is 3.76. The van der Waals surface area contributed by atoms with E-state index in [1.807, 2.05) is 32.5 Å². The van der Waals surface area contributed by atoms with Crippen LogP contribution in [0.2, 0.25) is 0 Å². The van der Waals surface area contributed by atoms with Crippen molar-refractivity contribution in [3.8, 4) is 0 Å². The summed E-state index contributed by atoms with van der Waals surface area (Å²) < 4.78 is 5.24. The lowest BCUT2D eigenvalue weighted by Crippen LogP contribution is -2.44. The number of nitrogens with one attached hydrogen (secondary N) is 1. The first-order valence-electron chi connectivity index (χ1n) is 6.10. The van der Waals surface area contributed by atoms with Crippen molar-refractivity contribution in [3.05, 3.63) is 0 Å². The summed E-state index contributed by atoms with van der Waals surface area (Å²) >= 11 is 1.88. The molecule has 1 saturated heterocycles. The van der Waals surface area contributed by atoms with Crippen LogP contribution in [-0.2, 0) is 4.74 Å². The lowest BCUT2D eigenvalue weighted by molar-refractivity contribution is 0.0469. The zero-order chi connectivity index (χ0) is 12.9. The topological polar surface area (TPSA) is 58.6 Å². The van der Waals surface area contributed by atoms with E-state index >= 15 is 0 Å². The molecule has 0 unspecified atom stereocenters. The Labute approximate surface area is 107 Å². The lowest BCUT2D eigenvalue weighted by atomic mass is 9.96. The number of rotatable bonds is 2. The van der Waals surface area contributed by atoms with E-state index in [-0.39, 0.29) is 24.7 Å². The maximum absolute atomic E-state index is 11.7. The molecule has 0 aromatic carbocycles. The SMILES string of the molecule is CC(C)(C)OC(=O)N[C@@H]1CCSCC[C@@H]1CO. The highest BCUT2D eigenvalue weighted by molar-refractivity contribution is 7.99. The van der Waals surface area contributed by atoms with Crippen LogP contribution in [0.1, 0.15) is 33.6 Å². The van der Waals surface area contributed by atoms with Crippen molar-refractivity contribution in [2.45, 2.75) is 45.3 Å². The van der Waals surface area contributed by atoms with Crippen LogP contribution >= 0.6 is 11.8 Å². The molecule has 1 fully saturated rings. The van der Waals surface area contributed by atoms with Crippen molar-refractivity contribution in [1.29, 1.82) is 0 Å². The fraction of sp³-hybridized carbons (Fsp3) is 0.917. The number of aliphatic hydroxyl groups excluding tert-OH is 1. The quantitative estimate of drug-likeness (QED) is 0.798. The predicted octanol–water partition coefficient (Wildman–Crippen LogP) is 2.02. The molecule has 0 spiro atoms. The molecule has 2 atom stereocenters. The number of amides is 1. The van der Waals surface area contributed by atoms with Gasteiger partial charge in [-0.3, -0.25) is 0 Å². The van der Waals surface area contributed by atoms with Gasteiger partial charge >= 0.3 is 6.09 Å². The van der Waals surface area contributed by atoms with Crippen LogP contribution in [-0.4, -0.2) is 41.0 Å². The van der Waals surface area contributed by atoms with Crippen LogP contribution in [0.3, 0.4) is 0 Å². The molecule has 0 bridgehead atoms. The van der Waals surface area contributed by atoms with Crippen molar-refractivity contribution in [1.82, 2.24) is 5.32 Å². The van der Waals surface area contributed by atoms with Gasteiger partial charge in [0.1, 0.15) is 5.60 Å². The Morgan fingerprint density at radius 2 is 2.06 bits per heavy atom. The van der Waals surface area contributed by atoms with E-state index in [1.54, 1.807) is 0 Å². The van der Waals surface area contributed by atoms with Crippen molar-refractivity contribution < 1.29 is 14.6 Å². The van der Waals surface area contributed by atoms with Gasteiger partial charge in [0, 0.05) is 18.6 Å². The third-order valence-electron chi connectivity index (χ3n) is 2.71. The number of aliphatic hydroxyl groups is 1. The molecule has 1 aliphatic rings. The number of ether oxygens (including phenoxy) is 1. The number of carbonyl (C=O) groups excluding carboxylic acids is 1. The Kier molecular flexibility index (Phi) is 5.59. The second-order valence-electron chi connectivity index (χ2n) is 5.39. The van der Waals surface area contributed by atoms with Gasteiger partial charge in [-0.2, -0.15) is 11.8 Å². The molecule has 100 valence electrons. The summed E-state index contributed by atoms with van der Waals surface area (Å²) in [5, 5.41) is 12.2. The zero-order valence-electron chi connectivity index (χ0n) is 10.9. The Morgan fingerprint density at radius 1 is 1.41 bits per heavy atom. The molecule has 1 amide bonds. The molecule has 1 heterocycles. The molecule has 0 saturated carbocycles. The van der Waals surface area contributed by atoms with Crippen molar-refractivity contribution in [3.63, 3.8) is 0 Å². The second kappa shape index (κ2) is 6.50. The maximum Gasteiger partial charge on any atom is 0.407 e. The standard InChI is InChI=1S/C12H23NO3S/c1-12(2,3)16-11(15)13-10-5-7-17-6-4-9(10)8-14/h9-10,14H,4-8H2,1-3H3,(H,13,15)/t9-,10-/m1/s1. The maximum atomic E-state index is 11.7. The molecular formula is C12H23NO3S. The number of hydrogen-bond donors (Lipinski definition) is 2. The van der Waals surface area contributed by atoms with E-state index < -0.39 is 5.60 Å². The van der Waals surface area contributed by atoms with E-state index in [4.69, 9.17) is 4.74 Å². The largest absolute Gasteiger partial charge is 0.444 e. The molecule has 17 heavy (non-hydrogen) atoms. The average molecular weight is 261 g/mol. The minimum Gasteiger partial charge on any atom is -0.444 e. The number of hydrogen-bond acceptors (Lipinski definition) is 4. The molecule has 0 aliphatic carbocycles.